The Bertz CT molecular complexity index is 631. The summed E-state index contributed by atoms with van der Waals surface area (Å²) in [6, 6.07) is 8.44. The number of nitrogens with zero attached hydrogens (tertiary/aromatic N) is 1. The molecule has 4 nitrogen and oxygen atoms in total. The second kappa shape index (κ2) is 9.15. The maximum Gasteiger partial charge on any atom is 0.190 e. The minimum Gasteiger partial charge on any atom is -0.361 e. The Labute approximate surface area is 155 Å². The van der Waals surface area contributed by atoms with Gasteiger partial charge in [0.05, 0.1) is 0 Å². The molecule has 23 heavy (non-hydrogen) atoms. The van der Waals surface area contributed by atoms with Gasteiger partial charge in [-0.1, -0.05) is 31.0 Å². The molecule has 1 aliphatic rings. The zero-order chi connectivity index (χ0) is 15.2. The Morgan fingerprint density at radius 1 is 1.22 bits per heavy atom. The number of nitrogens with one attached hydrogen (secondary N) is 3. The maximum atomic E-state index is 4.29. The Morgan fingerprint density at radius 2 is 2.00 bits per heavy atom. The predicted octanol–water partition coefficient (Wildman–Crippen LogP) is 3.68. The average molecular weight is 426 g/mol. The monoisotopic (exact) mass is 426 g/mol. The van der Waals surface area contributed by atoms with E-state index in [0.717, 1.165) is 31.4 Å². The number of H-pyrrole nitrogens is 1. The van der Waals surface area contributed by atoms with Gasteiger partial charge in [0, 0.05) is 37.2 Å². The van der Waals surface area contributed by atoms with E-state index in [1.807, 2.05) is 7.05 Å². The fourth-order valence-corrected chi connectivity index (χ4v) is 2.88. The number of hydrogen-bond acceptors (Lipinski definition) is 1. The lowest BCUT2D eigenvalue weighted by molar-refractivity contribution is 0.644. The van der Waals surface area contributed by atoms with E-state index < -0.39 is 0 Å². The molecule has 1 fully saturated rings. The molecule has 126 valence electrons. The third-order valence-electron chi connectivity index (χ3n) is 4.36. The van der Waals surface area contributed by atoms with Gasteiger partial charge < -0.3 is 15.6 Å². The van der Waals surface area contributed by atoms with Crippen molar-refractivity contribution >= 4 is 40.8 Å². The highest BCUT2D eigenvalue weighted by Gasteiger charge is 2.19. The van der Waals surface area contributed by atoms with Gasteiger partial charge in [0.1, 0.15) is 0 Å². The maximum absolute atomic E-state index is 4.29. The molecule has 0 spiro atoms. The van der Waals surface area contributed by atoms with E-state index >= 15 is 0 Å². The van der Waals surface area contributed by atoms with Crippen molar-refractivity contribution in [1.29, 1.82) is 0 Å². The third kappa shape index (κ3) is 5.41. The molecule has 1 heterocycles. The SMILES string of the molecule is CN=C(NCCCC1CC1)NCCc1c[nH]c2ccccc12.I. The number of rotatable bonds is 7. The average Bonchev–Trinajstić information content (AvgIpc) is 3.29. The van der Waals surface area contributed by atoms with Crippen LogP contribution in [0, 0.1) is 5.92 Å². The lowest BCUT2D eigenvalue weighted by Gasteiger charge is -2.11. The van der Waals surface area contributed by atoms with Gasteiger partial charge in [0.15, 0.2) is 5.96 Å². The molecule has 0 aliphatic heterocycles. The third-order valence-corrected chi connectivity index (χ3v) is 4.36. The first kappa shape index (κ1) is 18.1. The normalized spacial score (nSPS) is 14.6. The molecule has 0 bridgehead atoms. The number of aromatic nitrogens is 1. The molecule has 3 N–H and O–H groups in total. The number of hydrogen-bond donors (Lipinski definition) is 3. The van der Waals surface area contributed by atoms with Gasteiger partial charge in [-0.15, -0.1) is 24.0 Å². The van der Waals surface area contributed by atoms with E-state index in [1.54, 1.807) is 0 Å². The number of aromatic amines is 1. The van der Waals surface area contributed by atoms with Gasteiger partial charge in [0.25, 0.3) is 0 Å². The van der Waals surface area contributed by atoms with Gasteiger partial charge in [0.2, 0.25) is 0 Å². The van der Waals surface area contributed by atoms with Crippen LogP contribution in [0.15, 0.2) is 35.5 Å². The molecule has 1 aromatic carbocycles. The van der Waals surface area contributed by atoms with Crippen LogP contribution in [0.2, 0.25) is 0 Å². The number of fused-ring (bicyclic) bond motifs is 1. The summed E-state index contributed by atoms with van der Waals surface area (Å²) in [5.74, 6) is 1.93. The standard InChI is InChI=1S/C18H26N4.HI/c1-19-18(20-11-4-5-14-8-9-14)21-12-10-15-13-22-17-7-3-2-6-16(15)17;/h2-3,6-7,13-14,22H,4-5,8-12H2,1H3,(H2,19,20,21);1H. The molecule has 1 aromatic heterocycles. The summed E-state index contributed by atoms with van der Waals surface area (Å²) < 4.78 is 0. The first-order valence-corrected chi connectivity index (χ1v) is 8.36. The second-order valence-electron chi connectivity index (χ2n) is 6.12. The van der Waals surface area contributed by atoms with Crippen molar-refractivity contribution in [1.82, 2.24) is 15.6 Å². The van der Waals surface area contributed by atoms with Crippen LogP contribution in [-0.2, 0) is 6.42 Å². The van der Waals surface area contributed by atoms with Crippen LogP contribution >= 0.6 is 24.0 Å². The van der Waals surface area contributed by atoms with Crippen molar-refractivity contribution in [2.24, 2.45) is 10.9 Å². The molecule has 0 saturated heterocycles. The molecule has 5 heteroatoms. The predicted molar refractivity (Wildman–Crippen MR) is 109 cm³/mol. The van der Waals surface area contributed by atoms with Crippen LogP contribution < -0.4 is 10.6 Å². The number of guanidine groups is 1. The lowest BCUT2D eigenvalue weighted by atomic mass is 10.1. The van der Waals surface area contributed by atoms with Crippen LogP contribution in [0.1, 0.15) is 31.2 Å². The zero-order valence-corrected chi connectivity index (χ0v) is 16.1. The van der Waals surface area contributed by atoms with Crippen LogP contribution in [0.5, 0.6) is 0 Å². The molecule has 1 saturated carbocycles. The summed E-state index contributed by atoms with van der Waals surface area (Å²) in [6.07, 6.45) is 8.59. The topological polar surface area (TPSA) is 52.2 Å². The highest BCUT2D eigenvalue weighted by atomic mass is 127. The number of para-hydroxylation sites is 1. The van der Waals surface area contributed by atoms with E-state index in [4.69, 9.17) is 0 Å². The molecule has 0 unspecified atom stereocenters. The summed E-state index contributed by atoms with van der Waals surface area (Å²) in [7, 11) is 1.84. The molecule has 2 aromatic rings. The quantitative estimate of drug-likeness (QED) is 0.274. The van der Waals surface area contributed by atoms with Crippen LogP contribution in [-0.4, -0.2) is 31.1 Å². The Morgan fingerprint density at radius 3 is 2.78 bits per heavy atom. The molecule has 0 radical (unpaired) electrons. The molecule has 1 aliphatic carbocycles. The Kier molecular flexibility index (Phi) is 7.20. The summed E-state index contributed by atoms with van der Waals surface area (Å²) in [4.78, 5) is 7.61. The Hall–Kier alpha value is -1.24. The summed E-state index contributed by atoms with van der Waals surface area (Å²) in [5, 5.41) is 8.12. The number of benzene rings is 1. The van der Waals surface area contributed by atoms with Crippen molar-refractivity contribution in [2.45, 2.75) is 32.1 Å². The van der Waals surface area contributed by atoms with Gasteiger partial charge in [-0.3, -0.25) is 4.99 Å². The Balaban J connectivity index is 0.00000192. The van der Waals surface area contributed by atoms with Crippen molar-refractivity contribution < 1.29 is 0 Å². The highest BCUT2D eigenvalue weighted by molar-refractivity contribution is 14.0. The van der Waals surface area contributed by atoms with Crippen molar-refractivity contribution in [2.75, 3.05) is 20.1 Å². The van der Waals surface area contributed by atoms with Crippen LogP contribution in [0.3, 0.4) is 0 Å². The molecule has 3 rings (SSSR count). The number of aliphatic imine (C=N–C) groups is 1. The molecule has 0 amide bonds. The first-order valence-electron chi connectivity index (χ1n) is 8.36. The zero-order valence-electron chi connectivity index (χ0n) is 13.8. The largest absolute Gasteiger partial charge is 0.361 e. The summed E-state index contributed by atoms with van der Waals surface area (Å²) in [5.41, 5.74) is 2.56. The fourth-order valence-electron chi connectivity index (χ4n) is 2.88. The van der Waals surface area contributed by atoms with E-state index in [2.05, 4.69) is 51.1 Å². The lowest BCUT2D eigenvalue weighted by Crippen LogP contribution is -2.38. The minimum absolute atomic E-state index is 0. The second-order valence-corrected chi connectivity index (χ2v) is 6.12. The molecule has 0 atom stereocenters. The number of halogens is 1. The smallest absolute Gasteiger partial charge is 0.190 e. The summed E-state index contributed by atoms with van der Waals surface area (Å²) >= 11 is 0. The molecular formula is C18H27IN4. The van der Waals surface area contributed by atoms with E-state index in [1.165, 1.54) is 42.1 Å². The fraction of sp³-hybridized carbons (Fsp3) is 0.500. The van der Waals surface area contributed by atoms with Crippen LogP contribution in [0.25, 0.3) is 10.9 Å². The van der Waals surface area contributed by atoms with E-state index in [0.29, 0.717) is 0 Å². The van der Waals surface area contributed by atoms with E-state index in [9.17, 15) is 0 Å². The first-order chi connectivity index (χ1) is 10.9. The molecular weight excluding hydrogens is 399 g/mol. The highest BCUT2D eigenvalue weighted by Crippen LogP contribution is 2.33. The van der Waals surface area contributed by atoms with E-state index in [-0.39, 0.29) is 24.0 Å². The van der Waals surface area contributed by atoms with Crippen molar-refractivity contribution in [3.63, 3.8) is 0 Å². The minimum atomic E-state index is 0. The summed E-state index contributed by atoms with van der Waals surface area (Å²) in [6.45, 7) is 1.91. The van der Waals surface area contributed by atoms with Crippen molar-refractivity contribution in [3.8, 4) is 0 Å². The van der Waals surface area contributed by atoms with Gasteiger partial charge in [-0.2, -0.15) is 0 Å². The van der Waals surface area contributed by atoms with Crippen molar-refractivity contribution in [3.05, 3.63) is 36.0 Å². The van der Waals surface area contributed by atoms with Gasteiger partial charge in [-0.05, 0) is 36.8 Å². The van der Waals surface area contributed by atoms with Gasteiger partial charge in [-0.25, -0.2) is 0 Å². The van der Waals surface area contributed by atoms with Crippen LogP contribution in [0.4, 0.5) is 0 Å². The van der Waals surface area contributed by atoms with Gasteiger partial charge >= 0.3 is 0 Å².